The zero-order valence-corrected chi connectivity index (χ0v) is 25.5. The highest BCUT2D eigenvalue weighted by atomic mass is 16.6. The SMILES string of the molecule is CCCCCCN(C(=O)C(NC(=O)OC(C)(C)C)C(C)CC)C(C(=O)NC1CCCCC1)c1ccccc1C. The third-order valence-electron chi connectivity index (χ3n) is 7.68. The molecule has 7 nitrogen and oxygen atoms in total. The third kappa shape index (κ3) is 10.5. The van der Waals surface area contributed by atoms with Gasteiger partial charge in [0.25, 0.3) is 0 Å². The van der Waals surface area contributed by atoms with Crippen molar-refractivity contribution in [1.82, 2.24) is 15.5 Å². The van der Waals surface area contributed by atoms with Gasteiger partial charge in [0.2, 0.25) is 11.8 Å². The Balaban J connectivity index is 2.49. The number of ether oxygens (including phenoxy) is 1. The third-order valence-corrected chi connectivity index (χ3v) is 7.68. The highest BCUT2D eigenvalue weighted by Crippen LogP contribution is 2.29. The van der Waals surface area contributed by atoms with Gasteiger partial charge in [-0.3, -0.25) is 9.59 Å². The number of hydrogen-bond donors (Lipinski definition) is 2. The highest BCUT2D eigenvalue weighted by Gasteiger charge is 2.39. The van der Waals surface area contributed by atoms with Crippen molar-refractivity contribution in [3.05, 3.63) is 35.4 Å². The summed E-state index contributed by atoms with van der Waals surface area (Å²) in [5.41, 5.74) is 1.11. The van der Waals surface area contributed by atoms with E-state index in [0.717, 1.165) is 62.5 Å². The number of amides is 3. The van der Waals surface area contributed by atoms with E-state index in [0.29, 0.717) is 13.0 Å². The first kappa shape index (κ1) is 32.6. The van der Waals surface area contributed by atoms with Crippen molar-refractivity contribution in [2.45, 2.75) is 136 Å². The molecule has 1 saturated carbocycles. The molecule has 0 saturated heterocycles. The van der Waals surface area contributed by atoms with Gasteiger partial charge >= 0.3 is 6.09 Å². The molecule has 2 N–H and O–H groups in total. The fourth-order valence-electron chi connectivity index (χ4n) is 5.24. The number of nitrogens with one attached hydrogen (secondary N) is 2. The summed E-state index contributed by atoms with van der Waals surface area (Å²) in [5, 5.41) is 6.15. The van der Waals surface area contributed by atoms with Crippen molar-refractivity contribution in [2.75, 3.05) is 6.54 Å². The molecule has 220 valence electrons. The molecule has 1 aliphatic carbocycles. The predicted octanol–water partition coefficient (Wildman–Crippen LogP) is 6.83. The summed E-state index contributed by atoms with van der Waals surface area (Å²) < 4.78 is 5.52. The van der Waals surface area contributed by atoms with E-state index in [1.807, 2.05) is 45.0 Å². The number of alkyl carbamates (subject to hydrolysis) is 1. The van der Waals surface area contributed by atoms with E-state index in [1.165, 1.54) is 6.42 Å². The van der Waals surface area contributed by atoms with Crippen LogP contribution in [0, 0.1) is 12.8 Å². The fraction of sp³-hybridized carbons (Fsp3) is 0.719. The van der Waals surface area contributed by atoms with Crippen LogP contribution in [0.2, 0.25) is 0 Å². The van der Waals surface area contributed by atoms with E-state index in [2.05, 4.69) is 17.6 Å². The standard InChI is InChI=1S/C32H53N3O4/c1-8-10-11-17-22-35(30(37)27(23(3)9-2)34-31(38)39-32(5,6)7)28(26-21-16-15-18-24(26)4)29(36)33-25-19-13-12-14-20-25/h15-16,18,21,23,25,27-28H,8-14,17,19-20,22H2,1-7H3,(H,33,36)(H,34,38). The Morgan fingerprint density at radius 1 is 1.03 bits per heavy atom. The lowest BCUT2D eigenvalue weighted by atomic mass is 9.92. The maximum atomic E-state index is 14.4. The second-order valence-corrected chi connectivity index (χ2v) is 12.2. The van der Waals surface area contributed by atoms with Crippen LogP contribution in [-0.4, -0.2) is 47.0 Å². The summed E-state index contributed by atoms with van der Waals surface area (Å²) >= 11 is 0. The first-order valence-corrected chi connectivity index (χ1v) is 15.1. The molecule has 7 heteroatoms. The van der Waals surface area contributed by atoms with Crippen LogP contribution in [0.3, 0.4) is 0 Å². The number of carbonyl (C=O) groups excluding carboxylic acids is 3. The quantitative estimate of drug-likeness (QED) is 0.267. The molecule has 39 heavy (non-hydrogen) atoms. The van der Waals surface area contributed by atoms with E-state index >= 15 is 0 Å². The molecule has 0 bridgehead atoms. The fourth-order valence-corrected chi connectivity index (χ4v) is 5.24. The molecular weight excluding hydrogens is 490 g/mol. The molecule has 1 aliphatic rings. The monoisotopic (exact) mass is 543 g/mol. The Kier molecular flexibility index (Phi) is 13.3. The predicted molar refractivity (Wildman–Crippen MR) is 157 cm³/mol. The van der Waals surface area contributed by atoms with Crippen molar-refractivity contribution in [3.63, 3.8) is 0 Å². The van der Waals surface area contributed by atoms with Crippen LogP contribution in [0.25, 0.3) is 0 Å². The van der Waals surface area contributed by atoms with Gasteiger partial charge in [0, 0.05) is 12.6 Å². The summed E-state index contributed by atoms with van der Waals surface area (Å²) in [7, 11) is 0. The average molecular weight is 544 g/mol. The molecule has 3 atom stereocenters. The highest BCUT2D eigenvalue weighted by molar-refractivity contribution is 5.92. The summed E-state index contributed by atoms with van der Waals surface area (Å²) in [5.74, 6) is -0.513. The lowest BCUT2D eigenvalue weighted by molar-refractivity contribution is -0.144. The zero-order chi connectivity index (χ0) is 29.0. The molecule has 0 aromatic heterocycles. The molecule has 3 unspecified atom stereocenters. The van der Waals surface area contributed by atoms with Gasteiger partial charge in [-0.05, 0) is 64.0 Å². The van der Waals surface area contributed by atoms with Gasteiger partial charge in [-0.15, -0.1) is 0 Å². The summed E-state index contributed by atoms with van der Waals surface area (Å²) in [6, 6.07) is 6.37. The lowest BCUT2D eigenvalue weighted by Crippen LogP contribution is -2.56. The van der Waals surface area contributed by atoms with Crippen LogP contribution in [-0.2, 0) is 14.3 Å². The minimum Gasteiger partial charge on any atom is -0.444 e. The van der Waals surface area contributed by atoms with Gasteiger partial charge in [0.15, 0.2) is 0 Å². The van der Waals surface area contributed by atoms with E-state index in [9.17, 15) is 14.4 Å². The van der Waals surface area contributed by atoms with Gasteiger partial charge in [-0.2, -0.15) is 0 Å². The van der Waals surface area contributed by atoms with E-state index in [1.54, 1.807) is 25.7 Å². The van der Waals surface area contributed by atoms with Crippen LogP contribution in [0.1, 0.15) is 123 Å². The molecule has 2 rings (SSSR count). The molecular formula is C32H53N3O4. The van der Waals surface area contributed by atoms with Crippen molar-refractivity contribution in [2.24, 2.45) is 5.92 Å². The summed E-state index contributed by atoms with van der Waals surface area (Å²) in [6.45, 7) is 14.0. The first-order chi connectivity index (χ1) is 18.5. The Morgan fingerprint density at radius 3 is 2.28 bits per heavy atom. The first-order valence-electron chi connectivity index (χ1n) is 15.1. The van der Waals surface area contributed by atoms with Crippen LogP contribution in [0.5, 0.6) is 0 Å². The smallest absolute Gasteiger partial charge is 0.408 e. The number of rotatable bonds is 13. The maximum absolute atomic E-state index is 14.4. The van der Waals surface area contributed by atoms with Crippen molar-refractivity contribution in [3.8, 4) is 0 Å². The van der Waals surface area contributed by atoms with Gasteiger partial charge in [0.05, 0.1) is 0 Å². The number of aryl methyl sites for hydroxylation is 1. The second-order valence-electron chi connectivity index (χ2n) is 12.2. The number of hydrogen-bond acceptors (Lipinski definition) is 4. The molecule has 0 radical (unpaired) electrons. The Hall–Kier alpha value is -2.57. The second kappa shape index (κ2) is 15.9. The van der Waals surface area contributed by atoms with Gasteiger partial charge in [-0.25, -0.2) is 4.79 Å². The largest absolute Gasteiger partial charge is 0.444 e. The molecule has 1 aromatic carbocycles. The normalized spacial score (nSPS) is 16.6. The van der Waals surface area contributed by atoms with Crippen molar-refractivity contribution in [1.29, 1.82) is 0 Å². The number of benzene rings is 1. The van der Waals surface area contributed by atoms with Crippen LogP contribution in [0.15, 0.2) is 24.3 Å². The van der Waals surface area contributed by atoms with Gasteiger partial charge in [0.1, 0.15) is 17.7 Å². The number of unbranched alkanes of at least 4 members (excludes halogenated alkanes) is 3. The minimum absolute atomic E-state index is 0.125. The number of nitrogens with zero attached hydrogens (tertiary/aromatic N) is 1. The molecule has 1 aromatic rings. The topological polar surface area (TPSA) is 87.7 Å². The molecule has 0 spiro atoms. The Labute approximate surface area is 236 Å². The van der Waals surface area contributed by atoms with E-state index in [4.69, 9.17) is 4.74 Å². The van der Waals surface area contributed by atoms with Crippen LogP contribution in [0.4, 0.5) is 4.79 Å². The Morgan fingerprint density at radius 2 is 1.69 bits per heavy atom. The van der Waals surface area contributed by atoms with Crippen molar-refractivity contribution < 1.29 is 19.1 Å². The van der Waals surface area contributed by atoms with Gasteiger partial charge < -0.3 is 20.3 Å². The van der Waals surface area contributed by atoms with Crippen molar-refractivity contribution >= 4 is 17.9 Å². The molecule has 3 amide bonds. The van der Waals surface area contributed by atoms with E-state index in [-0.39, 0.29) is 23.8 Å². The minimum atomic E-state index is -0.801. The number of carbonyl (C=O) groups is 3. The summed E-state index contributed by atoms with van der Waals surface area (Å²) in [4.78, 5) is 43.0. The maximum Gasteiger partial charge on any atom is 0.408 e. The lowest BCUT2D eigenvalue weighted by Gasteiger charge is -2.37. The average Bonchev–Trinajstić information content (AvgIpc) is 2.88. The van der Waals surface area contributed by atoms with Crippen LogP contribution < -0.4 is 10.6 Å². The van der Waals surface area contributed by atoms with Gasteiger partial charge in [-0.1, -0.05) is 90.0 Å². The molecule has 0 aliphatic heterocycles. The Bertz CT molecular complexity index is 920. The van der Waals surface area contributed by atoms with E-state index < -0.39 is 23.8 Å². The van der Waals surface area contributed by atoms with Crippen LogP contribution >= 0.6 is 0 Å². The molecule has 1 fully saturated rings. The summed E-state index contributed by atoms with van der Waals surface area (Å²) in [6.07, 6.45) is 9.32. The zero-order valence-electron chi connectivity index (χ0n) is 25.5. The molecule has 0 heterocycles.